The fraction of sp³-hybridized carbons (Fsp3) is 0.769. The first-order valence-corrected chi connectivity index (χ1v) is 7.37. The Bertz CT molecular complexity index is 373. The zero-order valence-electron chi connectivity index (χ0n) is 9.60. The number of nitrogens with zero attached hydrogens (tertiary/aromatic N) is 1. The van der Waals surface area contributed by atoms with Gasteiger partial charge in [0.2, 0.25) is 0 Å². The second-order valence-electron chi connectivity index (χ2n) is 5.81. The van der Waals surface area contributed by atoms with Gasteiger partial charge in [0.1, 0.15) is 0 Å². The van der Waals surface area contributed by atoms with Gasteiger partial charge in [-0.2, -0.15) is 0 Å². The van der Waals surface area contributed by atoms with Gasteiger partial charge in [0.25, 0.3) is 0 Å². The molecule has 1 N–H and O–H groups in total. The number of nitrogens with one attached hydrogen (secondary N) is 1. The van der Waals surface area contributed by atoms with E-state index >= 15 is 0 Å². The van der Waals surface area contributed by atoms with E-state index in [9.17, 15) is 0 Å². The first-order valence-electron chi connectivity index (χ1n) is 6.49. The van der Waals surface area contributed by atoms with Gasteiger partial charge in [0, 0.05) is 23.2 Å². The number of aromatic nitrogens is 1. The molecule has 5 atom stereocenters. The van der Waals surface area contributed by atoms with E-state index in [0.29, 0.717) is 6.04 Å². The zero-order valence-corrected chi connectivity index (χ0v) is 10.4. The average Bonchev–Trinajstić information content (AvgIpc) is 2.81. The number of hydrogen-bond acceptors (Lipinski definition) is 3. The fourth-order valence-electron chi connectivity index (χ4n) is 4.36. The zero-order chi connectivity index (χ0) is 10.7. The summed E-state index contributed by atoms with van der Waals surface area (Å²) in [6.07, 6.45) is 6.58. The maximum atomic E-state index is 4.16. The SMILES string of the molecule is CC(NC1C2C3CCC(C3)C12)c1cncs1. The minimum absolute atomic E-state index is 0.502. The molecule has 16 heavy (non-hydrogen) atoms. The van der Waals surface area contributed by atoms with Gasteiger partial charge in [0.15, 0.2) is 0 Å². The Hall–Kier alpha value is -0.410. The lowest BCUT2D eigenvalue weighted by atomic mass is 10.0. The van der Waals surface area contributed by atoms with Crippen LogP contribution in [0.5, 0.6) is 0 Å². The van der Waals surface area contributed by atoms with Crippen molar-refractivity contribution in [1.82, 2.24) is 10.3 Å². The predicted octanol–water partition coefficient (Wildman–Crippen LogP) is 2.84. The molecule has 0 amide bonds. The summed E-state index contributed by atoms with van der Waals surface area (Å²) in [4.78, 5) is 5.55. The summed E-state index contributed by atoms with van der Waals surface area (Å²) in [5.74, 6) is 4.21. The van der Waals surface area contributed by atoms with Crippen LogP contribution in [0.4, 0.5) is 0 Å². The van der Waals surface area contributed by atoms with Crippen molar-refractivity contribution in [3.8, 4) is 0 Å². The average molecular weight is 234 g/mol. The fourth-order valence-corrected chi connectivity index (χ4v) is 5.00. The molecule has 3 heteroatoms. The quantitative estimate of drug-likeness (QED) is 0.870. The Labute approximate surface area is 100 Å². The van der Waals surface area contributed by atoms with E-state index < -0.39 is 0 Å². The van der Waals surface area contributed by atoms with Crippen LogP contribution in [0.15, 0.2) is 11.7 Å². The van der Waals surface area contributed by atoms with Crippen LogP contribution in [0.25, 0.3) is 0 Å². The molecule has 2 bridgehead atoms. The minimum atomic E-state index is 0.502. The molecule has 3 aliphatic carbocycles. The molecular weight excluding hydrogens is 216 g/mol. The summed E-state index contributed by atoms with van der Waals surface area (Å²) in [6, 6.07) is 1.34. The molecular formula is C13H18N2S. The smallest absolute Gasteiger partial charge is 0.0794 e. The second-order valence-corrected chi connectivity index (χ2v) is 6.72. The topological polar surface area (TPSA) is 24.9 Å². The molecule has 0 radical (unpaired) electrons. The number of thiazole rings is 1. The standard InChI is InChI=1S/C13H18N2S/c1-7(10-5-14-6-16-10)15-13-11-8-2-3-9(4-8)12(11)13/h5-9,11-13,15H,2-4H2,1H3. The molecule has 1 aromatic rings. The third-order valence-electron chi connectivity index (χ3n) is 5.06. The van der Waals surface area contributed by atoms with Gasteiger partial charge in [-0.15, -0.1) is 11.3 Å². The monoisotopic (exact) mass is 234 g/mol. The highest BCUT2D eigenvalue weighted by Crippen LogP contribution is 2.65. The summed E-state index contributed by atoms with van der Waals surface area (Å²) < 4.78 is 0. The Balaban J connectivity index is 1.44. The summed E-state index contributed by atoms with van der Waals surface area (Å²) in [7, 11) is 0. The Morgan fingerprint density at radius 2 is 2.12 bits per heavy atom. The van der Waals surface area contributed by atoms with Gasteiger partial charge in [-0.1, -0.05) is 0 Å². The largest absolute Gasteiger partial charge is 0.306 e. The van der Waals surface area contributed by atoms with Crippen LogP contribution in [0.2, 0.25) is 0 Å². The van der Waals surface area contributed by atoms with Crippen molar-refractivity contribution in [2.45, 2.75) is 38.3 Å². The number of rotatable bonds is 3. The molecule has 1 heterocycles. The van der Waals surface area contributed by atoms with Crippen molar-refractivity contribution < 1.29 is 0 Å². The van der Waals surface area contributed by atoms with Gasteiger partial charge < -0.3 is 5.32 Å². The van der Waals surface area contributed by atoms with Gasteiger partial charge in [0.05, 0.1) is 5.51 Å². The molecule has 1 aromatic heterocycles. The van der Waals surface area contributed by atoms with Crippen molar-refractivity contribution >= 4 is 11.3 Å². The maximum absolute atomic E-state index is 4.16. The van der Waals surface area contributed by atoms with Crippen LogP contribution < -0.4 is 5.32 Å². The van der Waals surface area contributed by atoms with Crippen molar-refractivity contribution in [3.63, 3.8) is 0 Å². The van der Waals surface area contributed by atoms with E-state index in [1.165, 1.54) is 17.7 Å². The van der Waals surface area contributed by atoms with E-state index in [-0.39, 0.29) is 0 Å². The molecule has 3 saturated carbocycles. The molecule has 0 aliphatic heterocycles. The van der Waals surface area contributed by atoms with Crippen molar-refractivity contribution in [1.29, 1.82) is 0 Å². The summed E-state index contributed by atoms with van der Waals surface area (Å²) in [5, 5.41) is 3.83. The first kappa shape index (κ1) is 9.60. The molecule has 0 aromatic carbocycles. The van der Waals surface area contributed by atoms with Crippen molar-refractivity contribution in [2.75, 3.05) is 0 Å². The van der Waals surface area contributed by atoms with Crippen LogP contribution >= 0.6 is 11.3 Å². The molecule has 2 nitrogen and oxygen atoms in total. The molecule has 4 rings (SSSR count). The lowest BCUT2D eigenvalue weighted by molar-refractivity contribution is 0.435. The Kier molecular flexibility index (Phi) is 1.98. The summed E-state index contributed by atoms with van der Waals surface area (Å²) in [6.45, 7) is 2.28. The minimum Gasteiger partial charge on any atom is -0.306 e. The summed E-state index contributed by atoms with van der Waals surface area (Å²) >= 11 is 1.77. The Morgan fingerprint density at radius 3 is 2.75 bits per heavy atom. The third kappa shape index (κ3) is 1.25. The van der Waals surface area contributed by atoms with E-state index in [1.807, 2.05) is 11.7 Å². The van der Waals surface area contributed by atoms with E-state index in [2.05, 4.69) is 17.2 Å². The molecule has 0 saturated heterocycles. The van der Waals surface area contributed by atoms with Crippen molar-refractivity contribution in [2.24, 2.45) is 23.7 Å². The van der Waals surface area contributed by atoms with Gasteiger partial charge in [-0.25, -0.2) is 0 Å². The summed E-state index contributed by atoms with van der Waals surface area (Å²) in [5.41, 5.74) is 1.94. The van der Waals surface area contributed by atoms with E-state index in [0.717, 1.165) is 29.7 Å². The molecule has 3 aliphatic rings. The van der Waals surface area contributed by atoms with Crippen LogP contribution in [0.1, 0.15) is 37.1 Å². The third-order valence-corrected chi connectivity index (χ3v) is 6.01. The highest BCUT2D eigenvalue weighted by Gasteiger charge is 2.64. The van der Waals surface area contributed by atoms with Gasteiger partial charge >= 0.3 is 0 Å². The molecule has 0 spiro atoms. The van der Waals surface area contributed by atoms with Gasteiger partial charge in [-0.3, -0.25) is 4.98 Å². The van der Waals surface area contributed by atoms with Crippen molar-refractivity contribution in [3.05, 3.63) is 16.6 Å². The number of hydrogen-bond donors (Lipinski definition) is 1. The van der Waals surface area contributed by atoms with Crippen LogP contribution in [0, 0.1) is 23.7 Å². The van der Waals surface area contributed by atoms with Crippen LogP contribution in [-0.2, 0) is 0 Å². The lowest BCUT2D eigenvalue weighted by Gasteiger charge is -2.15. The first-order chi connectivity index (χ1) is 7.84. The van der Waals surface area contributed by atoms with E-state index in [1.54, 1.807) is 17.8 Å². The number of fused-ring (bicyclic) bond motifs is 5. The van der Waals surface area contributed by atoms with Crippen LogP contribution in [0.3, 0.4) is 0 Å². The normalized spacial score (nSPS) is 45.7. The Morgan fingerprint density at radius 1 is 1.38 bits per heavy atom. The maximum Gasteiger partial charge on any atom is 0.0794 e. The highest BCUT2D eigenvalue weighted by molar-refractivity contribution is 7.09. The predicted molar refractivity (Wildman–Crippen MR) is 65.3 cm³/mol. The highest BCUT2D eigenvalue weighted by atomic mass is 32.1. The van der Waals surface area contributed by atoms with E-state index in [4.69, 9.17) is 0 Å². The lowest BCUT2D eigenvalue weighted by Crippen LogP contribution is -2.25. The van der Waals surface area contributed by atoms with Gasteiger partial charge in [-0.05, 0) is 49.9 Å². The molecule has 5 unspecified atom stereocenters. The second kappa shape index (κ2) is 3.30. The van der Waals surface area contributed by atoms with Crippen LogP contribution in [-0.4, -0.2) is 11.0 Å². The molecule has 3 fully saturated rings. The molecule has 86 valence electrons.